The van der Waals surface area contributed by atoms with Crippen LogP contribution in [0.15, 0.2) is 133 Å². The number of nitrogens with zero attached hydrogens (tertiary/aromatic N) is 1. The molecule has 0 radical (unpaired) electrons. The van der Waals surface area contributed by atoms with E-state index < -0.39 is 278 Å². The highest BCUT2D eigenvalue weighted by Gasteiger charge is 2.42. The number of benzene rings is 5. The minimum absolute atomic E-state index is 0.0136. The monoisotopic (exact) mass is 2110 g/mol. The van der Waals surface area contributed by atoms with Crippen LogP contribution in [0.1, 0.15) is 105 Å². The van der Waals surface area contributed by atoms with Crippen LogP contribution >= 0.6 is 37.9 Å². The van der Waals surface area contributed by atoms with Gasteiger partial charge in [0.2, 0.25) is 100 Å². The average molecular weight is 2110 g/mol. The molecular formula is C93H127N25O26S3. The minimum atomic E-state index is -2.11. The summed E-state index contributed by atoms with van der Waals surface area (Å²) in [6, 6.07) is 7.24. The Morgan fingerprint density at radius 3 is 1.03 bits per heavy atom. The molecule has 54 heteroatoms. The van der Waals surface area contributed by atoms with Gasteiger partial charge in [0, 0.05) is 69.0 Å². The van der Waals surface area contributed by atoms with E-state index in [2.05, 4.69) is 128 Å². The number of likely N-dealkylation sites (tertiary alicyclic amines) is 1. The molecule has 1 fully saturated rings. The summed E-state index contributed by atoms with van der Waals surface area (Å²) in [4.78, 5) is 279. The van der Waals surface area contributed by atoms with E-state index in [4.69, 9.17) is 39.5 Å². The number of unbranched alkanes of at least 4 members (excludes halogenated alkanes) is 1. The molecule has 5 aromatic rings. The molecule has 147 heavy (non-hydrogen) atoms. The number of carboxylic acid groups (broad SMARTS) is 3. The number of hydrogen-bond acceptors (Lipinski definition) is 30. The van der Waals surface area contributed by atoms with Crippen molar-refractivity contribution in [1.82, 2.24) is 95.3 Å². The lowest BCUT2D eigenvalue weighted by molar-refractivity contribution is -0.145. The van der Waals surface area contributed by atoms with Gasteiger partial charge in [0.25, 0.3) is 0 Å². The maximum atomic E-state index is 15.0. The summed E-state index contributed by atoms with van der Waals surface area (Å²) in [5.41, 5.74) is 29.7. The Balaban J connectivity index is 1.17. The lowest BCUT2D eigenvalue weighted by atomic mass is 10.0. The Morgan fingerprint density at radius 2 is 0.660 bits per heavy atom. The van der Waals surface area contributed by atoms with Crippen molar-refractivity contribution in [1.29, 1.82) is 10.8 Å². The fourth-order valence-corrected chi connectivity index (χ4v) is 15.6. The molecule has 0 aliphatic carbocycles. The number of nitrogens with one attached hydrogen (secondary N) is 19. The SMILES string of the molecule is N=C(N)NCCCC(NC(=O)C1CCCN1C(=O)C(CCCNC(=N)N)NC(=O)C(CS)NC(=O)C(Cc1ccccc1)NC(=O)C(CCCCN)NC(=O)C(CC(N)=O)NC(=O)C(CS)NC(=O)CNC(=O)C(Cc1ccccc1)NC(=O)CNC(=O)C(Cc1ccc(O)cc1)NC(=O)C(Cc1ccc(O)cc1)NC(=O)C(Cc1ccc(O)cc1)NC(=O)C(CC(=O)O)NC(=O)C(CC(=O)O)NC(=O)C(N)CS)C(=O)O. The van der Waals surface area contributed by atoms with E-state index in [0.29, 0.717) is 17.5 Å². The predicted molar refractivity (Wildman–Crippen MR) is 538 cm³/mol. The van der Waals surface area contributed by atoms with Crippen molar-refractivity contribution in [3.63, 3.8) is 0 Å². The Hall–Kier alpha value is -15.6. The molecule has 798 valence electrons. The lowest BCUT2D eigenvalue weighted by Crippen LogP contribution is -2.61. The molecule has 35 N–H and O–H groups in total. The first-order chi connectivity index (χ1) is 69.9. The van der Waals surface area contributed by atoms with Crippen LogP contribution in [0.4, 0.5) is 0 Å². The quantitative estimate of drug-likeness (QED) is 0.00744. The zero-order chi connectivity index (χ0) is 109. The molecule has 0 saturated carbocycles. The van der Waals surface area contributed by atoms with Gasteiger partial charge in [-0.05, 0) is 129 Å². The average Bonchev–Trinajstić information content (AvgIpc) is 1.70. The molecule has 0 spiro atoms. The summed E-state index contributed by atoms with van der Waals surface area (Å²) < 4.78 is 0. The van der Waals surface area contributed by atoms with E-state index in [1.165, 1.54) is 77.7 Å². The summed E-state index contributed by atoms with van der Waals surface area (Å²) in [5, 5.41) is 117. The van der Waals surface area contributed by atoms with E-state index in [9.17, 15) is 127 Å². The number of carbonyl (C=O) groups is 20. The van der Waals surface area contributed by atoms with Crippen LogP contribution in [0.5, 0.6) is 17.2 Å². The fraction of sp³-hybridized carbons (Fsp3) is 0.441. The number of carbonyl (C=O) groups excluding carboxylic acids is 17. The molecule has 1 heterocycles. The number of primary amides is 1. The van der Waals surface area contributed by atoms with Gasteiger partial charge in [0.05, 0.1) is 38.4 Å². The van der Waals surface area contributed by atoms with Gasteiger partial charge in [-0.15, -0.1) is 0 Å². The van der Waals surface area contributed by atoms with Crippen LogP contribution in [0.25, 0.3) is 0 Å². The number of carboxylic acids is 3. The summed E-state index contributed by atoms with van der Waals surface area (Å²) in [6.07, 6.45) is -4.35. The zero-order valence-corrected chi connectivity index (χ0v) is 82.5. The maximum Gasteiger partial charge on any atom is 0.326 e. The smallest absolute Gasteiger partial charge is 0.326 e. The Kier molecular flexibility index (Phi) is 50.8. The minimum Gasteiger partial charge on any atom is -0.508 e. The van der Waals surface area contributed by atoms with Crippen molar-refractivity contribution in [2.45, 2.75) is 200 Å². The van der Waals surface area contributed by atoms with Gasteiger partial charge in [-0.25, -0.2) is 4.79 Å². The number of hydrogen-bond donors (Lipinski definition) is 33. The van der Waals surface area contributed by atoms with Gasteiger partial charge in [-0.3, -0.25) is 102 Å². The van der Waals surface area contributed by atoms with Gasteiger partial charge in [0.1, 0.15) is 102 Å². The van der Waals surface area contributed by atoms with Crippen LogP contribution in [0.2, 0.25) is 0 Å². The topological polar surface area (TPSA) is 848 Å². The Labute approximate surface area is 859 Å². The number of rotatable bonds is 63. The number of aliphatic carboxylic acids is 3. The molecule has 17 amide bonds. The Bertz CT molecular complexity index is 5400. The van der Waals surface area contributed by atoms with Gasteiger partial charge < -0.3 is 155 Å². The highest BCUT2D eigenvalue weighted by molar-refractivity contribution is 7.80. The first-order valence-electron chi connectivity index (χ1n) is 46.5. The van der Waals surface area contributed by atoms with Crippen molar-refractivity contribution in [3.8, 4) is 17.2 Å². The summed E-state index contributed by atoms with van der Waals surface area (Å²) in [5.74, 6) is -25.6. The highest BCUT2D eigenvalue weighted by Crippen LogP contribution is 2.23. The van der Waals surface area contributed by atoms with Crippen molar-refractivity contribution in [2.75, 3.05) is 56.5 Å². The first kappa shape index (κ1) is 120. The number of amides is 17. The standard InChI is InChI=1S/C93H127N25O26S3/c94-32-8-7-16-58(80(132)112-63(37-50-14-5-2-6-15-50)83(135)117-70(48-147)88(140)108-59(17-9-33-101-92(97)98)90(142)118-35-11-19-71(118)89(141)109-60(91(143)144)18-10-34-102-93(99)100)107-84(136)66(41-72(96)122)115-87(139)69(47-146)106-74(124)45-103-78(130)61(36-49-12-3-1-4-13-49)105-73(123)44-104-79(131)62(38-51-20-26-54(119)27-21-51)111-81(133)64(39-52-22-28-55(120)29-23-52)113-82(134)65(40-53-24-30-56(121)31-25-53)114-86(138)68(43-76(127)128)116-85(137)67(42-75(125)126)110-77(129)57(95)46-145/h1-6,12-15,20-31,57-71,119-121,145-147H,7-11,16-19,32-48,94-95H2,(H2,96,122)(H,103,130)(H,104,131)(H,105,123)(H,106,124)(H,107,136)(H,108,140)(H,109,141)(H,110,129)(H,111,133)(H,112,132)(H,113,134)(H,114,138)(H,115,139)(H,116,137)(H,117,135)(H,125,126)(H,127,128)(H,143,144)(H4,97,98,101)(H4,99,100,102). The number of aromatic hydroxyl groups is 3. The van der Waals surface area contributed by atoms with Crippen LogP contribution < -0.4 is 119 Å². The largest absolute Gasteiger partial charge is 0.508 e. The number of phenols is 3. The third kappa shape index (κ3) is 43.1. The number of thiol groups is 3. The van der Waals surface area contributed by atoms with E-state index in [0.717, 1.165) is 0 Å². The summed E-state index contributed by atoms with van der Waals surface area (Å²) in [7, 11) is 0. The third-order valence-corrected chi connectivity index (χ3v) is 23.7. The van der Waals surface area contributed by atoms with Gasteiger partial charge in [-0.2, -0.15) is 37.9 Å². The fourth-order valence-electron chi connectivity index (χ4n) is 14.9. The summed E-state index contributed by atoms with van der Waals surface area (Å²) in [6.45, 7) is -1.58. The number of phenolic OH excluding ortho intramolecular Hbond substituents is 3. The molecule has 0 aromatic heterocycles. The molecule has 0 bridgehead atoms. The number of guanidine groups is 2. The van der Waals surface area contributed by atoms with Crippen LogP contribution in [-0.2, 0) is 128 Å². The van der Waals surface area contributed by atoms with Gasteiger partial charge in [-0.1, -0.05) is 97.1 Å². The van der Waals surface area contributed by atoms with Crippen molar-refractivity contribution < 1.29 is 127 Å². The second-order valence-corrected chi connectivity index (χ2v) is 35.2. The van der Waals surface area contributed by atoms with Gasteiger partial charge >= 0.3 is 17.9 Å². The summed E-state index contributed by atoms with van der Waals surface area (Å²) >= 11 is 12.5. The molecule has 15 atom stereocenters. The lowest BCUT2D eigenvalue weighted by Gasteiger charge is -2.30. The van der Waals surface area contributed by atoms with Crippen molar-refractivity contribution in [3.05, 3.63) is 161 Å². The van der Waals surface area contributed by atoms with E-state index in [-0.39, 0.29) is 136 Å². The van der Waals surface area contributed by atoms with E-state index in [1.807, 2.05) is 0 Å². The molecule has 6 rings (SSSR count). The molecule has 1 aliphatic heterocycles. The first-order valence-corrected chi connectivity index (χ1v) is 48.4. The van der Waals surface area contributed by atoms with Crippen molar-refractivity contribution >= 4 is 168 Å². The van der Waals surface area contributed by atoms with Gasteiger partial charge in [0.15, 0.2) is 11.9 Å². The molecule has 1 saturated heterocycles. The van der Waals surface area contributed by atoms with E-state index >= 15 is 0 Å². The molecule has 51 nitrogen and oxygen atoms in total. The maximum absolute atomic E-state index is 15.0. The van der Waals surface area contributed by atoms with Crippen LogP contribution in [0, 0.1) is 10.8 Å². The van der Waals surface area contributed by atoms with Crippen molar-refractivity contribution in [2.24, 2.45) is 28.7 Å². The third-order valence-electron chi connectivity index (χ3n) is 22.6. The molecule has 1 aliphatic rings. The Morgan fingerprint density at radius 1 is 0.347 bits per heavy atom. The molecule has 5 aromatic carbocycles. The highest BCUT2D eigenvalue weighted by atomic mass is 32.1. The normalized spacial score (nSPS) is 14.8. The second kappa shape index (κ2) is 62.2. The van der Waals surface area contributed by atoms with E-state index in [1.54, 1.807) is 60.7 Å². The molecular weight excluding hydrogens is 1980 g/mol. The van der Waals surface area contributed by atoms with Crippen LogP contribution in [0.3, 0.4) is 0 Å². The predicted octanol–water partition coefficient (Wildman–Crippen LogP) is -7.48. The molecule has 15 unspecified atom stereocenters. The number of nitrogens with two attached hydrogens (primary N) is 5. The van der Waals surface area contributed by atoms with Crippen LogP contribution in [-0.4, -0.2) is 313 Å². The zero-order valence-electron chi connectivity index (χ0n) is 79.8. The second-order valence-electron chi connectivity index (χ2n) is 34.1.